The molecule has 0 spiro atoms. The Hall–Kier alpha value is -1.92. The third-order valence-corrected chi connectivity index (χ3v) is 2.05. The summed E-state index contributed by atoms with van der Waals surface area (Å²) < 4.78 is 6.51. The third kappa shape index (κ3) is 3.83. The molecular weight excluding hydrogens is 236 g/mol. The Balaban J connectivity index is 2.60. The molecule has 0 aromatic carbocycles. The number of ether oxygens (including phenoxy) is 1. The summed E-state index contributed by atoms with van der Waals surface area (Å²) in [6, 6.07) is 0. The van der Waals surface area contributed by atoms with E-state index in [9.17, 15) is 9.59 Å². The van der Waals surface area contributed by atoms with Crippen LogP contribution in [-0.2, 0) is 11.8 Å². The lowest BCUT2D eigenvalue weighted by Gasteiger charge is -2.24. The standard InChI is InChI=1S/C11H18N4O3/c1-11(2,3)18-10(17)14(4)6-8(16)9-12-7-13-15(9)5/h7H,6H2,1-5H3. The van der Waals surface area contributed by atoms with Crippen LogP contribution in [0.25, 0.3) is 0 Å². The number of aromatic nitrogens is 3. The Morgan fingerprint density at radius 2 is 2.06 bits per heavy atom. The Morgan fingerprint density at radius 1 is 1.44 bits per heavy atom. The molecule has 100 valence electrons. The highest BCUT2D eigenvalue weighted by molar-refractivity contribution is 5.95. The predicted molar refractivity (Wildman–Crippen MR) is 64.2 cm³/mol. The van der Waals surface area contributed by atoms with Crippen molar-refractivity contribution in [2.45, 2.75) is 26.4 Å². The van der Waals surface area contributed by atoms with Gasteiger partial charge in [-0.3, -0.25) is 4.79 Å². The number of carbonyl (C=O) groups excluding carboxylic acids is 2. The van der Waals surface area contributed by atoms with Gasteiger partial charge < -0.3 is 9.64 Å². The van der Waals surface area contributed by atoms with Crippen molar-refractivity contribution >= 4 is 11.9 Å². The maximum atomic E-state index is 11.8. The van der Waals surface area contributed by atoms with Crippen LogP contribution in [0.3, 0.4) is 0 Å². The van der Waals surface area contributed by atoms with Crippen molar-refractivity contribution in [1.29, 1.82) is 0 Å². The predicted octanol–water partition coefficient (Wildman–Crippen LogP) is 0.865. The highest BCUT2D eigenvalue weighted by Gasteiger charge is 2.22. The summed E-state index contributed by atoms with van der Waals surface area (Å²) in [6.07, 6.45) is 0.749. The van der Waals surface area contributed by atoms with Crippen molar-refractivity contribution in [2.24, 2.45) is 7.05 Å². The van der Waals surface area contributed by atoms with Crippen molar-refractivity contribution in [3.63, 3.8) is 0 Å². The van der Waals surface area contributed by atoms with Crippen LogP contribution in [0.15, 0.2) is 6.33 Å². The summed E-state index contributed by atoms with van der Waals surface area (Å²) in [6.45, 7) is 5.21. The van der Waals surface area contributed by atoms with E-state index >= 15 is 0 Å². The van der Waals surface area contributed by atoms with Crippen molar-refractivity contribution < 1.29 is 14.3 Å². The maximum absolute atomic E-state index is 11.8. The average molecular weight is 254 g/mol. The van der Waals surface area contributed by atoms with Gasteiger partial charge in [-0.2, -0.15) is 5.10 Å². The molecule has 0 N–H and O–H groups in total. The fourth-order valence-corrected chi connectivity index (χ4v) is 1.24. The molecule has 1 aromatic rings. The average Bonchev–Trinajstić information content (AvgIpc) is 2.61. The van der Waals surface area contributed by atoms with Crippen LogP contribution in [0.4, 0.5) is 4.79 Å². The van der Waals surface area contributed by atoms with Gasteiger partial charge in [-0.15, -0.1) is 0 Å². The second-order valence-electron chi connectivity index (χ2n) is 4.97. The molecular formula is C11H18N4O3. The fourth-order valence-electron chi connectivity index (χ4n) is 1.24. The summed E-state index contributed by atoms with van der Waals surface area (Å²) in [5, 5.41) is 3.80. The first-order valence-corrected chi connectivity index (χ1v) is 5.52. The Labute approximate surface area is 106 Å². The van der Waals surface area contributed by atoms with E-state index in [1.54, 1.807) is 27.8 Å². The monoisotopic (exact) mass is 254 g/mol. The SMILES string of the molecule is CN(CC(=O)c1ncnn1C)C(=O)OC(C)(C)C. The normalized spacial score (nSPS) is 11.2. The van der Waals surface area contributed by atoms with Gasteiger partial charge in [0.2, 0.25) is 5.78 Å². The topological polar surface area (TPSA) is 77.3 Å². The van der Waals surface area contributed by atoms with E-state index in [0.717, 1.165) is 0 Å². The lowest BCUT2D eigenvalue weighted by atomic mass is 10.2. The molecule has 1 rings (SSSR count). The zero-order chi connectivity index (χ0) is 13.9. The Bertz CT molecular complexity index is 447. The minimum absolute atomic E-state index is 0.0958. The summed E-state index contributed by atoms with van der Waals surface area (Å²) in [5.74, 6) is -0.0752. The van der Waals surface area contributed by atoms with E-state index in [2.05, 4.69) is 10.1 Å². The number of hydrogen-bond acceptors (Lipinski definition) is 5. The molecule has 7 nitrogen and oxygen atoms in total. The van der Waals surface area contributed by atoms with Crippen LogP contribution in [0.1, 0.15) is 31.4 Å². The van der Waals surface area contributed by atoms with Crippen LogP contribution >= 0.6 is 0 Å². The van der Waals surface area contributed by atoms with Crippen molar-refractivity contribution in [3.8, 4) is 0 Å². The summed E-state index contributed by atoms with van der Waals surface area (Å²) in [7, 11) is 3.12. The van der Waals surface area contributed by atoms with Gasteiger partial charge in [0.15, 0.2) is 5.82 Å². The molecule has 7 heteroatoms. The number of carbonyl (C=O) groups is 2. The second-order valence-corrected chi connectivity index (χ2v) is 4.97. The zero-order valence-corrected chi connectivity index (χ0v) is 11.3. The molecule has 0 aliphatic heterocycles. The molecule has 0 saturated heterocycles. The van der Waals surface area contributed by atoms with Crippen LogP contribution in [0, 0.1) is 0 Å². The molecule has 0 aliphatic carbocycles. The molecule has 1 heterocycles. The first kappa shape index (κ1) is 14.1. The summed E-state index contributed by atoms with van der Waals surface area (Å²) in [5.41, 5.74) is -0.584. The molecule has 0 bridgehead atoms. The van der Waals surface area contributed by atoms with Crippen LogP contribution in [-0.4, -0.2) is 50.7 Å². The lowest BCUT2D eigenvalue weighted by molar-refractivity contribution is 0.0293. The second kappa shape index (κ2) is 5.16. The van der Waals surface area contributed by atoms with Gasteiger partial charge in [0, 0.05) is 14.1 Å². The van der Waals surface area contributed by atoms with Crippen LogP contribution in [0.2, 0.25) is 0 Å². The molecule has 1 amide bonds. The molecule has 0 saturated carbocycles. The number of ketones is 1. The van der Waals surface area contributed by atoms with Gasteiger partial charge in [-0.05, 0) is 20.8 Å². The minimum atomic E-state index is -0.584. The minimum Gasteiger partial charge on any atom is -0.444 e. The lowest BCUT2D eigenvalue weighted by Crippen LogP contribution is -2.37. The maximum Gasteiger partial charge on any atom is 0.410 e. The van der Waals surface area contributed by atoms with Crippen LogP contribution in [0.5, 0.6) is 0 Å². The zero-order valence-electron chi connectivity index (χ0n) is 11.3. The third-order valence-electron chi connectivity index (χ3n) is 2.05. The Morgan fingerprint density at radius 3 is 2.50 bits per heavy atom. The quantitative estimate of drug-likeness (QED) is 0.748. The molecule has 0 unspecified atom stereocenters. The van der Waals surface area contributed by atoms with E-state index in [1.165, 1.54) is 23.0 Å². The van der Waals surface area contributed by atoms with Gasteiger partial charge in [-0.1, -0.05) is 0 Å². The molecule has 18 heavy (non-hydrogen) atoms. The Kier molecular flexibility index (Phi) is 4.05. The number of aryl methyl sites for hydroxylation is 1. The van der Waals surface area contributed by atoms with Gasteiger partial charge in [0.05, 0.1) is 6.54 Å². The smallest absolute Gasteiger partial charge is 0.410 e. The van der Waals surface area contributed by atoms with Gasteiger partial charge in [0.1, 0.15) is 11.9 Å². The summed E-state index contributed by atoms with van der Waals surface area (Å²) in [4.78, 5) is 28.5. The fraction of sp³-hybridized carbons (Fsp3) is 0.636. The summed E-state index contributed by atoms with van der Waals surface area (Å²) >= 11 is 0. The largest absolute Gasteiger partial charge is 0.444 e. The number of amides is 1. The highest BCUT2D eigenvalue weighted by atomic mass is 16.6. The van der Waals surface area contributed by atoms with Crippen molar-refractivity contribution in [3.05, 3.63) is 12.2 Å². The number of nitrogens with zero attached hydrogens (tertiary/aromatic N) is 4. The van der Waals surface area contributed by atoms with E-state index in [0.29, 0.717) is 0 Å². The van der Waals surface area contributed by atoms with Gasteiger partial charge in [0.25, 0.3) is 0 Å². The highest BCUT2D eigenvalue weighted by Crippen LogP contribution is 2.09. The number of Topliss-reactive ketones (excluding diaryl/α,β-unsaturated/α-hetero) is 1. The first-order chi connectivity index (χ1) is 8.20. The number of rotatable bonds is 3. The molecule has 0 atom stereocenters. The van der Waals surface area contributed by atoms with Gasteiger partial charge >= 0.3 is 6.09 Å². The first-order valence-electron chi connectivity index (χ1n) is 5.52. The van der Waals surface area contributed by atoms with E-state index in [-0.39, 0.29) is 18.2 Å². The molecule has 0 radical (unpaired) electrons. The number of likely N-dealkylation sites (N-methyl/N-ethyl adjacent to an activating group) is 1. The van der Waals surface area contributed by atoms with E-state index in [4.69, 9.17) is 4.74 Å². The number of hydrogen-bond donors (Lipinski definition) is 0. The van der Waals surface area contributed by atoms with Gasteiger partial charge in [-0.25, -0.2) is 14.5 Å². The van der Waals surface area contributed by atoms with Crippen molar-refractivity contribution in [1.82, 2.24) is 19.7 Å². The molecule has 0 aliphatic rings. The molecule has 0 fully saturated rings. The van der Waals surface area contributed by atoms with Crippen molar-refractivity contribution in [2.75, 3.05) is 13.6 Å². The van der Waals surface area contributed by atoms with E-state index < -0.39 is 11.7 Å². The van der Waals surface area contributed by atoms with Crippen LogP contribution < -0.4 is 0 Å². The van der Waals surface area contributed by atoms with E-state index in [1.807, 2.05) is 0 Å². The molecule has 1 aromatic heterocycles.